The highest BCUT2D eigenvalue weighted by molar-refractivity contribution is 5.92. The molecular formula is C15H24N2O2. The van der Waals surface area contributed by atoms with Gasteiger partial charge in [0, 0.05) is 18.4 Å². The molecule has 2 saturated carbocycles. The van der Waals surface area contributed by atoms with Gasteiger partial charge in [0.1, 0.15) is 12.7 Å². The molecule has 0 aliphatic heterocycles. The summed E-state index contributed by atoms with van der Waals surface area (Å²) in [6.07, 6.45) is 9.78. The van der Waals surface area contributed by atoms with Crippen LogP contribution in [0, 0.1) is 24.2 Å². The number of hydrogen-bond acceptors (Lipinski definition) is 4. The van der Waals surface area contributed by atoms with Crippen LogP contribution in [-0.2, 0) is 4.84 Å². The lowest BCUT2D eigenvalue weighted by molar-refractivity contribution is 0.0374. The lowest BCUT2D eigenvalue weighted by Gasteiger charge is -2.21. The van der Waals surface area contributed by atoms with Crippen LogP contribution in [0.4, 0.5) is 0 Å². The van der Waals surface area contributed by atoms with Gasteiger partial charge in [0.15, 0.2) is 0 Å². The van der Waals surface area contributed by atoms with Crippen molar-refractivity contribution in [2.75, 3.05) is 13.2 Å². The Morgan fingerprint density at radius 1 is 1.42 bits per heavy atom. The molecule has 4 nitrogen and oxygen atoms in total. The Morgan fingerprint density at radius 2 is 2.00 bits per heavy atom. The molecule has 0 aromatic carbocycles. The van der Waals surface area contributed by atoms with Crippen LogP contribution in [0.25, 0.3) is 0 Å². The second kappa shape index (κ2) is 5.94. The summed E-state index contributed by atoms with van der Waals surface area (Å²) in [7, 11) is 0. The van der Waals surface area contributed by atoms with Crippen LogP contribution < -0.4 is 5.32 Å². The zero-order chi connectivity index (χ0) is 13.9. The Morgan fingerprint density at radius 3 is 2.47 bits per heavy atom. The smallest absolute Gasteiger partial charge is 0.144 e. The molecule has 0 spiro atoms. The maximum Gasteiger partial charge on any atom is 0.144 e. The summed E-state index contributed by atoms with van der Waals surface area (Å²) in [4.78, 5) is 5.31. The van der Waals surface area contributed by atoms with Crippen molar-refractivity contribution in [3.63, 3.8) is 0 Å². The number of terminal acetylenes is 1. The number of nitrogens with one attached hydrogen (secondary N) is 1. The lowest BCUT2D eigenvalue weighted by atomic mass is 10.1. The lowest BCUT2D eigenvalue weighted by Crippen LogP contribution is -2.43. The Labute approximate surface area is 115 Å². The molecule has 0 heterocycles. The number of hydrogen-bond donors (Lipinski definition) is 2. The van der Waals surface area contributed by atoms with Gasteiger partial charge in [0.2, 0.25) is 0 Å². The summed E-state index contributed by atoms with van der Waals surface area (Å²) >= 11 is 0. The standard InChI is InChI=1S/C15H24N2O2/c1-4-15(2,3)16-9-13(18)10-19-17-14(11-5-6-11)12-7-8-12/h1,11-13,16,18H,5-10H2,2-3H3. The summed E-state index contributed by atoms with van der Waals surface area (Å²) in [6.45, 7) is 4.43. The minimum Gasteiger partial charge on any atom is -0.393 e. The monoisotopic (exact) mass is 264 g/mol. The van der Waals surface area contributed by atoms with Crippen molar-refractivity contribution in [2.24, 2.45) is 17.0 Å². The zero-order valence-electron chi connectivity index (χ0n) is 11.9. The summed E-state index contributed by atoms with van der Waals surface area (Å²) < 4.78 is 0. The average molecular weight is 264 g/mol. The summed E-state index contributed by atoms with van der Waals surface area (Å²) in [5.41, 5.74) is 0.821. The van der Waals surface area contributed by atoms with E-state index in [9.17, 15) is 5.11 Å². The maximum atomic E-state index is 9.80. The molecular weight excluding hydrogens is 240 g/mol. The molecule has 0 saturated heterocycles. The number of β-amino-alcohol motifs (C(OH)–C–C–N with tert-alkyl or cyclic N) is 1. The topological polar surface area (TPSA) is 53.8 Å². The molecule has 1 unspecified atom stereocenters. The molecule has 19 heavy (non-hydrogen) atoms. The predicted octanol–water partition coefficient (Wildman–Crippen LogP) is 1.54. The maximum absolute atomic E-state index is 9.80. The van der Waals surface area contributed by atoms with Gasteiger partial charge in [-0.1, -0.05) is 11.1 Å². The van der Waals surface area contributed by atoms with E-state index < -0.39 is 11.6 Å². The van der Waals surface area contributed by atoms with E-state index in [1.165, 1.54) is 31.4 Å². The largest absolute Gasteiger partial charge is 0.393 e. The molecule has 4 heteroatoms. The SMILES string of the molecule is C#CC(C)(C)NCC(O)CON=C(C1CC1)C1CC1. The Kier molecular flexibility index (Phi) is 4.49. The van der Waals surface area contributed by atoms with Gasteiger partial charge in [-0.25, -0.2) is 0 Å². The van der Waals surface area contributed by atoms with Crippen LogP contribution in [0.3, 0.4) is 0 Å². The molecule has 0 aromatic heterocycles. The third-order valence-electron chi connectivity index (χ3n) is 3.57. The van der Waals surface area contributed by atoms with Gasteiger partial charge in [-0.05, 0) is 39.5 Å². The Bertz CT molecular complexity index is 362. The first-order chi connectivity index (χ1) is 9.02. The molecule has 106 valence electrons. The van der Waals surface area contributed by atoms with Crippen LogP contribution in [0.15, 0.2) is 5.16 Å². The second-order valence-electron chi connectivity index (χ2n) is 6.16. The molecule has 1 atom stereocenters. The molecule has 2 N–H and O–H groups in total. The van der Waals surface area contributed by atoms with E-state index in [0.717, 1.165) is 0 Å². The average Bonchev–Trinajstić information content (AvgIpc) is 3.25. The van der Waals surface area contributed by atoms with Gasteiger partial charge in [-0.2, -0.15) is 0 Å². The number of aliphatic hydroxyl groups excluding tert-OH is 1. The minimum atomic E-state index is -0.587. The van der Waals surface area contributed by atoms with Crippen LogP contribution in [-0.4, -0.2) is 35.6 Å². The van der Waals surface area contributed by atoms with Gasteiger partial charge in [0.05, 0.1) is 11.3 Å². The van der Waals surface area contributed by atoms with Gasteiger partial charge < -0.3 is 9.94 Å². The number of aliphatic hydroxyl groups is 1. The summed E-state index contributed by atoms with van der Waals surface area (Å²) in [5.74, 6) is 3.94. The molecule has 0 amide bonds. The van der Waals surface area contributed by atoms with Crippen molar-refractivity contribution in [1.29, 1.82) is 0 Å². The number of rotatable bonds is 8. The zero-order valence-corrected chi connectivity index (χ0v) is 11.9. The fourth-order valence-corrected chi connectivity index (χ4v) is 1.92. The van der Waals surface area contributed by atoms with Crippen LogP contribution in [0.5, 0.6) is 0 Å². The fourth-order valence-electron chi connectivity index (χ4n) is 1.92. The van der Waals surface area contributed by atoms with Crippen molar-refractivity contribution >= 4 is 5.71 Å². The third kappa shape index (κ3) is 4.85. The van der Waals surface area contributed by atoms with E-state index in [4.69, 9.17) is 11.3 Å². The van der Waals surface area contributed by atoms with E-state index >= 15 is 0 Å². The van der Waals surface area contributed by atoms with Gasteiger partial charge in [-0.15, -0.1) is 6.42 Å². The first-order valence-corrected chi connectivity index (χ1v) is 7.12. The van der Waals surface area contributed by atoms with E-state index in [-0.39, 0.29) is 6.61 Å². The van der Waals surface area contributed by atoms with Crippen LogP contribution in [0.2, 0.25) is 0 Å². The first kappa shape index (κ1) is 14.4. The highest BCUT2D eigenvalue weighted by Gasteiger charge is 2.38. The predicted molar refractivity (Wildman–Crippen MR) is 75.8 cm³/mol. The molecule has 2 aliphatic rings. The van der Waals surface area contributed by atoms with E-state index in [0.29, 0.717) is 18.4 Å². The molecule has 2 aliphatic carbocycles. The van der Waals surface area contributed by atoms with Crippen molar-refractivity contribution < 1.29 is 9.94 Å². The Balaban J connectivity index is 1.67. The van der Waals surface area contributed by atoms with Crippen LogP contribution >= 0.6 is 0 Å². The first-order valence-electron chi connectivity index (χ1n) is 7.12. The van der Waals surface area contributed by atoms with E-state index in [1.807, 2.05) is 13.8 Å². The second-order valence-corrected chi connectivity index (χ2v) is 6.16. The van der Waals surface area contributed by atoms with Crippen molar-refractivity contribution in [3.05, 3.63) is 0 Å². The number of oxime groups is 1. The molecule has 0 aromatic rings. The molecule has 2 fully saturated rings. The van der Waals surface area contributed by atoms with Crippen LogP contribution in [0.1, 0.15) is 39.5 Å². The van der Waals surface area contributed by atoms with E-state index in [1.54, 1.807) is 0 Å². The molecule has 0 bridgehead atoms. The summed E-state index contributed by atoms with van der Waals surface area (Å²) in [5, 5.41) is 17.1. The van der Waals surface area contributed by atoms with Crippen molar-refractivity contribution in [3.8, 4) is 12.3 Å². The normalized spacial score (nSPS) is 20.5. The molecule has 2 rings (SSSR count). The van der Waals surface area contributed by atoms with Gasteiger partial charge in [0.25, 0.3) is 0 Å². The fraction of sp³-hybridized carbons (Fsp3) is 0.800. The summed E-state index contributed by atoms with van der Waals surface area (Å²) in [6, 6.07) is 0. The minimum absolute atomic E-state index is 0.219. The highest BCUT2D eigenvalue weighted by atomic mass is 16.6. The molecule has 0 radical (unpaired) electrons. The highest BCUT2D eigenvalue weighted by Crippen LogP contribution is 2.42. The van der Waals surface area contributed by atoms with Gasteiger partial charge in [-0.3, -0.25) is 5.32 Å². The van der Waals surface area contributed by atoms with Crippen molar-refractivity contribution in [1.82, 2.24) is 5.32 Å². The quantitative estimate of drug-likeness (QED) is 0.397. The number of nitrogens with zero attached hydrogens (tertiary/aromatic N) is 1. The Hall–Kier alpha value is -1.05. The van der Waals surface area contributed by atoms with Crippen molar-refractivity contribution in [2.45, 2.75) is 51.2 Å². The van der Waals surface area contributed by atoms with E-state index in [2.05, 4.69) is 16.4 Å². The van der Waals surface area contributed by atoms with Gasteiger partial charge >= 0.3 is 0 Å². The third-order valence-corrected chi connectivity index (χ3v) is 3.57.